The second-order valence-corrected chi connectivity index (χ2v) is 7.38. The van der Waals surface area contributed by atoms with Gasteiger partial charge in [-0.3, -0.25) is 9.69 Å². The number of nitrogens with one attached hydrogen (secondary N) is 1. The summed E-state index contributed by atoms with van der Waals surface area (Å²) >= 11 is 1.52. The molecule has 2 heterocycles. The maximum absolute atomic E-state index is 13.1. The zero-order valence-electron chi connectivity index (χ0n) is 16.2. The summed E-state index contributed by atoms with van der Waals surface area (Å²) in [6.07, 6.45) is 1.52. The average molecular weight is 389 g/mol. The average Bonchev–Trinajstić information content (AvgIpc) is 3.36. The molecule has 7 heteroatoms. The summed E-state index contributed by atoms with van der Waals surface area (Å²) in [5, 5.41) is 0.672. The first-order valence-corrected chi connectivity index (χ1v) is 10.0. The molecule has 0 aliphatic carbocycles. The van der Waals surface area contributed by atoms with Gasteiger partial charge in [0, 0.05) is 0 Å². The number of carbonyl (C=O) groups excluding carboxylic acids is 1. The Balaban J connectivity index is 2.00. The van der Waals surface area contributed by atoms with Gasteiger partial charge in [-0.15, -0.1) is 0 Å². The number of rotatable bonds is 8. The number of nitrogens with zero attached hydrogens (tertiary/aromatic N) is 2. The number of anilines is 1. The fourth-order valence-electron chi connectivity index (χ4n) is 3.07. The van der Waals surface area contributed by atoms with Gasteiger partial charge < -0.3 is 14.1 Å². The molecule has 3 rings (SSSR count). The van der Waals surface area contributed by atoms with E-state index in [9.17, 15) is 4.79 Å². The first-order chi connectivity index (χ1) is 13.1. The smallest absolute Gasteiger partial charge is 0.295 e. The van der Waals surface area contributed by atoms with Crippen molar-refractivity contribution in [3.63, 3.8) is 0 Å². The van der Waals surface area contributed by atoms with Crippen LogP contribution in [0.25, 0.3) is 10.2 Å². The molecular weight excluding hydrogens is 362 g/mol. The normalized spacial score (nSPS) is 11.3. The molecule has 2 aromatic heterocycles. The van der Waals surface area contributed by atoms with Gasteiger partial charge in [0.1, 0.15) is 11.3 Å². The van der Waals surface area contributed by atoms with Crippen molar-refractivity contribution in [3.8, 4) is 5.75 Å². The van der Waals surface area contributed by atoms with Crippen molar-refractivity contribution < 1.29 is 18.8 Å². The maximum Gasteiger partial charge on any atom is 0.295 e. The number of methoxy groups -OCH3 is 1. The number of hydrogen-bond acceptors (Lipinski definition) is 5. The first-order valence-electron chi connectivity index (χ1n) is 9.22. The number of thiazole rings is 1. The van der Waals surface area contributed by atoms with Crippen LogP contribution in [0.3, 0.4) is 0 Å². The van der Waals surface area contributed by atoms with E-state index in [1.54, 1.807) is 24.1 Å². The summed E-state index contributed by atoms with van der Waals surface area (Å²) in [7, 11) is 1.64. The lowest BCUT2D eigenvalue weighted by Gasteiger charge is -2.22. The van der Waals surface area contributed by atoms with Crippen LogP contribution < -0.4 is 14.5 Å². The predicted octanol–water partition coefficient (Wildman–Crippen LogP) is 2.78. The maximum atomic E-state index is 13.1. The highest BCUT2D eigenvalue weighted by atomic mass is 32.1. The first kappa shape index (κ1) is 19.4. The molecule has 0 saturated heterocycles. The lowest BCUT2D eigenvalue weighted by molar-refractivity contribution is -0.894. The van der Waals surface area contributed by atoms with Crippen LogP contribution in [0.1, 0.15) is 30.0 Å². The van der Waals surface area contributed by atoms with Crippen LogP contribution in [-0.4, -0.2) is 44.2 Å². The molecule has 27 heavy (non-hydrogen) atoms. The zero-order chi connectivity index (χ0) is 19.4. The van der Waals surface area contributed by atoms with E-state index in [2.05, 4.69) is 13.8 Å². The highest BCUT2D eigenvalue weighted by Gasteiger charge is 2.25. The van der Waals surface area contributed by atoms with Crippen molar-refractivity contribution in [2.45, 2.75) is 20.8 Å². The molecule has 0 radical (unpaired) electrons. The topological polar surface area (TPSA) is 60.0 Å². The number of benzene rings is 1. The number of quaternary nitrogens is 1. The van der Waals surface area contributed by atoms with Gasteiger partial charge in [-0.25, -0.2) is 4.98 Å². The Morgan fingerprint density at radius 2 is 2.07 bits per heavy atom. The summed E-state index contributed by atoms with van der Waals surface area (Å²) in [5.41, 5.74) is 1.92. The Bertz CT molecular complexity index is 901. The molecule has 1 aromatic carbocycles. The molecule has 1 N–H and O–H groups in total. The summed E-state index contributed by atoms with van der Waals surface area (Å²) in [6.45, 7) is 9.83. The summed E-state index contributed by atoms with van der Waals surface area (Å²) in [5.74, 6) is 0.882. The SMILES string of the molecule is CC[NH+](CC)CCN(C(=O)c1ccco1)c1nc2c(OC)ccc(C)c2s1. The second-order valence-electron chi connectivity index (χ2n) is 6.40. The minimum atomic E-state index is -0.165. The van der Waals surface area contributed by atoms with Crippen LogP contribution in [-0.2, 0) is 0 Å². The number of ether oxygens (including phenoxy) is 1. The number of amides is 1. The van der Waals surface area contributed by atoms with Gasteiger partial charge in [-0.05, 0) is 44.5 Å². The van der Waals surface area contributed by atoms with E-state index in [4.69, 9.17) is 14.1 Å². The van der Waals surface area contributed by atoms with Crippen LogP contribution in [0.2, 0.25) is 0 Å². The molecule has 0 unspecified atom stereocenters. The lowest BCUT2D eigenvalue weighted by Crippen LogP contribution is -3.12. The van der Waals surface area contributed by atoms with Crippen LogP contribution in [0.5, 0.6) is 5.75 Å². The molecular formula is C20H26N3O3S+. The Labute approximate surface area is 163 Å². The molecule has 1 amide bonds. The standard InChI is InChI=1S/C20H25N3O3S/c1-5-22(6-2)11-12-23(19(24)16-8-7-13-26-16)20-21-17-15(25-4)10-9-14(3)18(17)27-20/h7-10,13H,5-6,11-12H2,1-4H3/p+1. The van der Waals surface area contributed by atoms with Crippen molar-refractivity contribution in [2.24, 2.45) is 0 Å². The van der Waals surface area contributed by atoms with Crippen molar-refractivity contribution in [3.05, 3.63) is 41.9 Å². The molecule has 0 aliphatic heterocycles. The molecule has 0 fully saturated rings. The number of furan rings is 1. The molecule has 6 nitrogen and oxygen atoms in total. The van der Waals surface area contributed by atoms with E-state index in [0.29, 0.717) is 17.4 Å². The largest absolute Gasteiger partial charge is 0.494 e. The van der Waals surface area contributed by atoms with Crippen molar-refractivity contribution in [1.29, 1.82) is 0 Å². The van der Waals surface area contributed by atoms with Crippen LogP contribution in [0.15, 0.2) is 34.9 Å². The van der Waals surface area contributed by atoms with E-state index < -0.39 is 0 Å². The van der Waals surface area contributed by atoms with Gasteiger partial charge >= 0.3 is 0 Å². The third-order valence-electron chi connectivity index (χ3n) is 4.81. The minimum Gasteiger partial charge on any atom is -0.494 e. The van der Waals surface area contributed by atoms with E-state index >= 15 is 0 Å². The van der Waals surface area contributed by atoms with Crippen LogP contribution in [0.4, 0.5) is 5.13 Å². The van der Waals surface area contributed by atoms with E-state index in [1.807, 2.05) is 19.1 Å². The number of likely N-dealkylation sites (N-methyl/N-ethyl adjacent to an activating group) is 1. The third-order valence-corrected chi connectivity index (χ3v) is 6.02. The quantitative estimate of drug-likeness (QED) is 0.645. The van der Waals surface area contributed by atoms with Crippen molar-refractivity contribution in [2.75, 3.05) is 38.2 Å². The third kappa shape index (κ3) is 3.99. The fourth-order valence-corrected chi connectivity index (χ4v) is 4.15. The Kier molecular flexibility index (Phi) is 6.13. The van der Waals surface area contributed by atoms with Crippen molar-refractivity contribution in [1.82, 2.24) is 4.98 Å². The molecule has 0 atom stereocenters. The van der Waals surface area contributed by atoms with E-state index in [0.717, 1.165) is 41.2 Å². The van der Waals surface area contributed by atoms with Crippen LogP contribution >= 0.6 is 11.3 Å². The Morgan fingerprint density at radius 3 is 2.70 bits per heavy atom. The van der Waals surface area contributed by atoms with Gasteiger partial charge in [0.25, 0.3) is 5.91 Å². The minimum absolute atomic E-state index is 0.165. The molecule has 144 valence electrons. The highest BCUT2D eigenvalue weighted by molar-refractivity contribution is 7.22. The Hall–Kier alpha value is -2.38. The summed E-state index contributed by atoms with van der Waals surface area (Å²) < 4.78 is 11.9. The molecule has 3 aromatic rings. The summed E-state index contributed by atoms with van der Waals surface area (Å²) in [4.78, 5) is 21.0. The lowest BCUT2D eigenvalue weighted by atomic mass is 10.2. The van der Waals surface area contributed by atoms with Crippen LogP contribution in [0, 0.1) is 6.92 Å². The van der Waals surface area contributed by atoms with Crippen molar-refractivity contribution >= 4 is 32.6 Å². The molecule has 0 saturated carbocycles. The fraction of sp³-hybridized carbons (Fsp3) is 0.400. The second kappa shape index (κ2) is 8.54. The zero-order valence-corrected chi connectivity index (χ0v) is 17.1. The number of carbonyl (C=O) groups is 1. The molecule has 0 spiro atoms. The number of aromatic nitrogens is 1. The Morgan fingerprint density at radius 1 is 1.30 bits per heavy atom. The highest BCUT2D eigenvalue weighted by Crippen LogP contribution is 2.36. The van der Waals surface area contributed by atoms with Gasteiger partial charge in [0.05, 0.1) is 44.3 Å². The monoisotopic (exact) mass is 388 g/mol. The van der Waals surface area contributed by atoms with Gasteiger partial charge in [0.15, 0.2) is 10.9 Å². The number of fused-ring (bicyclic) bond motifs is 1. The van der Waals surface area contributed by atoms with Gasteiger partial charge in [-0.1, -0.05) is 17.4 Å². The number of aryl methyl sites for hydroxylation is 1. The number of hydrogen-bond donors (Lipinski definition) is 1. The predicted molar refractivity (Wildman–Crippen MR) is 108 cm³/mol. The molecule has 0 aliphatic rings. The van der Waals surface area contributed by atoms with E-state index in [1.165, 1.54) is 22.5 Å². The molecule has 0 bridgehead atoms. The van der Waals surface area contributed by atoms with Gasteiger partial charge in [0.2, 0.25) is 0 Å². The summed E-state index contributed by atoms with van der Waals surface area (Å²) in [6, 6.07) is 7.35. The van der Waals surface area contributed by atoms with E-state index in [-0.39, 0.29) is 5.91 Å². The van der Waals surface area contributed by atoms with Gasteiger partial charge in [-0.2, -0.15) is 0 Å².